The Bertz CT molecular complexity index is 918. The summed E-state index contributed by atoms with van der Waals surface area (Å²) in [4.78, 5) is 28.0. The van der Waals surface area contributed by atoms with E-state index < -0.39 is 5.54 Å². The summed E-state index contributed by atoms with van der Waals surface area (Å²) in [6.45, 7) is 5.23. The number of imide groups is 1. The lowest BCUT2D eigenvalue weighted by molar-refractivity contribution is -0.901. The molecule has 0 spiro atoms. The normalized spacial score (nSPS) is 19.3. The Morgan fingerprint density at radius 1 is 1.06 bits per heavy atom. The fourth-order valence-electron chi connectivity index (χ4n) is 3.87. The number of quaternary nitrogens is 1. The number of carbonyl (C=O) groups is 2. The molecule has 7 heteroatoms. The van der Waals surface area contributed by atoms with Gasteiger partial charge in [-0.05, 0) is 50.5 Å². The monoisotopic (exact) mass is 426 g/mol. The molecule has 1 aliphatic rings. The van der Waals surface area contributed by atoms with Crippen molar-refractivity contribution in [3.63, 3.8) is 0 Å². The molecule has 166 valence electrons. The first kappa shape index (κ1) is 22.6. The van der Waals surface area contributed by atoms with Crippen LogP contribution in [-0.2, 0) is 17.8 Å². The molecule has 31 heavy (non-hydrogen) atoms. The van der Waals surface area contributed by atoms with Crippen LogP contribution in [0.2, 0.25) is 0 Å². The van der Waals surface area contributed by atoms with Gasteiger partial charge in [-0.1, -0.05) is 30.3 Å². The van der Waals surface area contributed by atoms with Crippen LogP contribution >= 0.6 is 0 Å². The molecule has 0 aromatic heterocycles. The summed E-state index contributed by atoms with van der Waals surface area (Å²) >= 11 is 0. The Balaban J connectivity index is 1.61. The third-order valence-electron chi connectivity index (χ3n) is 5.56. The highest BCUT2D eigenvalue weighted by atomic mass is 16.5. The molecule has 0 radical (unpaired) electrons. The summed E-state index contributed by atoms with van der Waals surface area (Å²) in [6.07, 6.45) is 1.29. The van der Waals surface area contributed by atoms with Gasteiger partial charge >= 0.3 is 6.03 Å². The molecule has 0 bridgehead atoms. The SMILES string of the molecule is CCOc1ccc(C[NH+](C)CN2C(=O)N[C@](C)(CCc3ccccc3)C2=O)cc1OC. The number of benzene rings is 2. The molecule has 3 amide bonds. The maximum atomic E-state index is 13.1. The Hall–Kier alpha value is -3.06. The first-order valence-corrected chi connectivity index (χ1v) is 10.7. The molecular weight excluding hydrogens is 394 g/mol. The van der Waals surface area contributed by atoms with Gasteiger partial charge in [-0.25, -0.2) is 9.69 Å². The number of ether oxygens (including phenoxy) is 2. The Kier molecular flexibility index (Phi) is 7.17. The van der Waals surface area contributed by atoms with Crippen molar-refractivity contribution in [3.8, 4) is 11.5 Å². The third kappa shape index (κ3) is 5.35. The van der Waals surface area contributed by atoms with E-state index in [2.05, 4.69) is 5.32 Å². The quantitative estimate of drug-likeness (QED) is 0.570. The van der Waals surface area contributed by atoms with Crippen LogP contribution in [0.4, 0.5) is 4.79 Å². The summed E-state index contributed by atoms with van der Waals surface area (Å²) in [5, 5.41) is 2.90. The highest BCUT2D eigenvalue weighted by Crippen LogP contribution is 2.28. The predicted molar refractivity (Wildman–Crippen MR) is 118 cm³/mol. The highest BCUT2D eigenvalue weighted by molar-refractivity contribution is 6.06. The zero-order valence-electron chi connectivity index (χ0n) is 18.7. The molecule has 7 nitrogen and oxygen atoms in total. The van der Waals surface area contributed by atoms with Crippen LogP contribution < -0.4 is 19.7 Å². The van der Waals surface area contributed by atoms with E-state index in [1.165, 1.54) is 4.90 Å². The number of carbonyl (C=O) groups excluding carboxylic acids is 2. The van der Waals surface area contributed by atoms with Gasteiger partial charge in [0.25, 0.3) is 5.91 Å². The van der Waals surface area contributed by atoms with Crippen molar-refractivity contribution in [1.29, 1.82) is 0 Å². The maximum Gasteiger partial charge on any atom is 0.329 e. The summed E-state index contributed by atoms with van der Waals surface area (Å²) in [5.74, 6) is 1.21. The lowest BCUT2D eigenvalue weighted by atomic mass is 9.93. The topological polar surface area (TPSA) is 72.3 Å². The Morgan fingerprint density at radius 3 is 2.48 bits per heavy atom. The molecule has 2 aromatic carbocycles. The average molecular weight is 427 g/mol. The van der Waals surface area contributed by atoms with Gasteiger partial charge in [0.2, 0.25) is 0 Å². The first-order valence-electron chi connectivity index (χ1n) is 10.7. The Morgan fingerprint density at radius 2 is 1.81 bits per heavy atom. The van der Waals surface area contributed by atoms with Crippen LogP contribution in [-0.4, -0.2) is 49.8 Å². The number of nitrogens with one attached hydrogen (secondary N) is 2. The van der Waals surface area contributed by atoms with E-state index in [0.717, 1.165) is 22.4 Å². The molecule has 2 aromatic rings. The van der Waals surface area contributed by atoms with E-state index in [-0.39, 0.29) is 11.9 Å². The molecule has 1 aliphatic heterocycles. The molecule has 2 atom stereocenters. The van der Waals surface area contributed by atoms with Crippen LogP contribution in [0.1, 0.15) is 31.4 Å². The number of methoxy groups -OCH3 is 1. The minimum Gasteiger partial charge on any atom is -0.493 e. The second kappa shape index (κ2) is 9.83. The van der Waals surface area contributed by atoms with E-state index in [9.17, 15) is 9.59 Å². The van der Waals surface area contributed by atoms with E-state index in [1.807, 2.05) is 69.4 Å². The van der Waals surface area contributed by atoms with E-state index >= 15 is 0 Å². The minimum atomic E-state index is -0.879. The van der Waals surface area contributed by atoms with Gasteiger partial charge in [0, 0.05) is 5.56 Å². The molecule has 0 aliphatic carbocycles. The molecule has 1 fully saturated rings. The van der Waals surface area contributed by atoms with Gasteiger partial charge in [0.05, 0.1) is 20.8 Å². The largest absolute Gasteiger partial charge is 0.493 e. The third-order valence-corrected chi connectivity index (χ3v) is 5.56. The van der Waals surface area contributed by atoms with Gasteiger partial charge < -0.3 is 19.7 Å². The summed E-state index contributed by atoms with van der Waals surface area (Å²) in [6, 6.07) is 15.5. The first-order chi connectivity index (χ1) is 14.9. The Labute approximate surface area is 183 Å². The number of nitrogens with zero attached hydrogens (tertiary/aromatic N) is 1. The number of urea groups is 1. The highest BCUT2D eigenvalue weighted by Gasteiger charge is 2.48. The fraction of sp³-hybridized carbons (Fsp3) is 0.417. The number of hydrogen-bond donors (Lipinski definition) is 2. The average Bonchev–Trinajstić information content (AvgIpc) is 2.97. The van der Waals surface area contributed by atoms with Gasteiger partial charge in [0.15, 0.2) is 18.2 Å². The van der Waals surface area contributed by atoms with Gasteiger partial charge in [-0.2, -0.15) is 0 Å². The lowest BCUT2D eigenvalue weighted by Crippen LogP contribution is -3.09. The van der Waals surface area contributed by atoms with Gasteiger partial charge in [0.1, 0.15) is 12.1 Å². The summed E-state index contributed by atoms with van der Waals surface area (Å²) in [5.41, 5.74) is 1.31. The molecular formula is C24H32N3O4+. The second-order valence-corrected chi connectivity index (χ2v) is 8.19. The van der Waals surface area contributed by atoms with Crippen molar-refractivity contribution in [2.45, 2.75) is 38.8 Å². The van der Waals surface area contributed by atoms with Crippen LogP contribution in [0.15, 0.2) is 48.5 Å². The number of amides is 3. The lowest BCUT2D eigenvalue weighted by Gasteiger charge is -2.23. The smallest absolute Gasteiger partial charge is 0.329 e. The van der Waals surface area contributed by atoms with E-state index in [1.54, 1.807) is 7.11 Å². The van der Waals surface area contributed by atoms with Crippen LogP contribution in [0.3, 0.4) is 0 Å². The maximum absolute atomic E-state index is 13.1. The number of hydrogen-bond acceptors (Lipinski definition) is 4. The molecule has 1 unspecified atom stereocenters. The molecule has 0 saturated carbocycles. The van der Waals surface area contributed by atoms with Crippen molar-refractivity contribution in [3.05, 3.63) is 59.7 Å². The van der Waals surface area contributed by atoms with Gasteiger partial charge in [-0.3, -0.25) is 4.79 Å². The van der Waals surface area contributed by atoms with E-state index in [4.69, 9.17) is 9.47 Å². The molecule has 2 N–H and O–H groups in total. The fourth-order valence-corrected chi connectivity index (χ4v) is 3.87. The van der Waals surface area contributed by atoms with Crippen molar-refractivity contribution >= 4 is 11.9 Å². The standard InChI is InChI=1S/C24H31N3O4/c1-5-31-20-12-11-19(15-21(20)30-4)16-26(3)17-27-22(28)24(2,25-23(27)29)14-13-18-9-7-6-8-10-18/h6-12,15H,5,13-14,16-17H2,1-4H3,(H,25,29)/p+1/t24-/m1/s1. The van der Waals surface area contributed by atoms with Crippen LogP contribution in [0, 0.1) is 0 Å². The second-order valence-electron chi connectivity index (χ2n) is 8.19. The van der Waals surface area contributed by atoms with Crippen molar-refractivity contribution in [2.24, 2.45) is 0 Å². The molecule has 1 heterocycles. The minimum absolute atomic E-state index is 0.169. The predicted octanol–water partition coefficient (Wildman–Crippen LogP) is 2.01. The summed E-state index contributed by atoms with van der Waals surface area (Å²) < 4.78 is 11.0. The van der Waals surface area contributed by atoms with Crippen LogP contribution in [0.25, 0.3) is 0 Å². The zero-order valence-corrected chi connectivity index (χ0v) is 18.7. The summed E-state index contributed by atoms with van der Waals surface area (Å²) in [7, 11) is 3.57. The molecule has 3 rings (SSSR count). The van der Waals surface area contributed by atoms with Crippen molar-refractivity contribution < 1.29 is 24.0 Å². The van der Waals surface area contributed by atoms with E-state index in [0.29, 0.717) is 37.7 Å². The van der Waals surface area contributed by atoms with Crippen molar-refractivity contribution in [1.82, 2.24) is 10.2 Å². The van der Waals surface area contributed by atoms with Crippen LogP contribution in [0.5, 0.6) is 11.5 Å². The molecule has 1 saturated heterocycles. The zero-order chi connectivity index (χ0) is 22.4. The van der Waals surface area contributed by atoms with Gasteiger partial charge in [-0.15, -0.1) is 0 Å². The van der Waals surface area contributed by atoms with Crippen molar-refractivity contribution in [2.75, 3.05) is 27.4 Å². The number of aryl methyl sites for hydroxylation is 1. The number of rotatable bonds is 10.